The maximum Gasteiger partial charge on any atom is 0.211 e. The molecule has 0 bridgehead atoms. The van der Waals surface area contributed by atoms with Gasteiger partial charge in [0.1, 0.15) is 18.1 Å². The number of hydrogen-bond acceptors (Lipinski definition) is 4. The van der Waals surface area contributed by atoms with Crippen LogP contribution in [0.25, 0.3) is 5.57 Å². The highest BCUT2D eigenvalue weighted by molar-refractivity contribution is 6.40. The van der Waals surface area contributed by atoms with Gasteiger partial charge in [-0.3, -0.25) is 4.79 Å². The van der Waals surface area contributed by atoms with Crippen molar-refractivity contribution in [1.29, 1.82) is 0 Å². The number of Topliss-reactive ketones (excluding diaryl/α,β-unsaturated/α-hetero) is 1. The van der Waals surface area contributed by atoms with Gasteiger partial charge in [-0.25, -0.2) is 0 Å². The van der Waals surface area contributed by atoms with Crippen LogP contribution >= 0.6 is 0 Å². The average Bonchev–Trinajstić information content (AvgIpc) is 2.99. The standard InChI is InChI=1S/C41H46N2O3/c1-9-11-19-43(39-29(7)22-26(4)23-30(39)8)32-14-12-31(13-15-32)36-40(45)37(41(36)46)34-17-16-33(24-35(34)44)42(18-10-2)38-27(5)20-25(3)21-28(38)6/h12-17,20-24H,9-11,18-19H2,1-8H3,(H,45,46)/p+1. The molecule has 5 rings (SSSR count). The fraction of sp³-hybridized carbons (Fsp3) is 0.317. The van der Waals surface area contributed by atoms with E-state index in [-0.39, 0.29) is 28.4 Å². The van der Waals surface area contributed by atoms with Gasteiger partial charge in [-0.2, -0.15) is 4.58 Å². The molecule has 3 aromatic carbocycles. The van der Waals surface area contributed by atoms with Crippen LogP contribution in [-0.4, -0.2) is 39.4 Å². The lowest BCUT2D eigenvalue weighted by Crippen LogP contribution is -2.24. The number of ketones is 1. The molecule has 0 radical (unpaired) electrons. The molecule has 0 saturated carbocycles. The fourth-order valence-electron chi connectivity index (χ4n) is 7.10. The van der Waals surface area contributed by atoms with E-state index in [1.54, 1.807) is 12.1 Å². The van der Waals surface area contributed by atoms with Crippen LogP contribution in [0.2, 0.25) is 0 Å². The van der Waals surface area contributed by atoms with Crippen molar-refractivity contribution in [1.82, 2.24) is 0 Å². The van der Waals surface area contributed by atoms with Crippen molar-refractivity contribution in [2.24, 2.45) is 0 Å². The van der Waals surface area contributed by atoms with Gasteiger partial charge < -0.3 is 15.1 Å². The summed E-state index contributed by atoms with van der Waals surface area (Å²) in [6.45, 7) is 18.7. The number of hydrogen-bond donors (Lipinski definition) is 2. The van der Waals surface area contributed by atoms with E-state index in [4.69, 9.17) is 0 Å². The van der Waals surface area contributed by atoms with E-state index in [2.05, 4.69) is 89.1 Å². The van der Waals surface area contributed by atoms with Crippen LogP contribution in [-0.2, 0) is 4.79 Å². The Morgan fingerprint density at radius 3 is 1.83 bits per heavy atom. The highest BCUT2D eigenvalue weighted by Gasteiger charge is 2.38. The van der Waals surface area contributed by atoms with Crippen molar-refractivity contribution in [3.05, 3.63) is 123 Å². The number of carbonyl (C=O) groups excluding carboxylic acids is 1. The van der Waals surface area contributed by atoms with Crippen molar-refractivity contribution < 1.29 is 19.6 Å². The quantitative estimate of drug-likeness (QED) is 0.186. The van der Waals surface area contributed by atoms with Crippen molar-refractivity contribution in [2.75, 3.05) is 18.0 Å². The summed E-state index contributed by atoms with van der Waals surface area (Å²) >= 11 is 0. The minimum atomic E-state index is -0.267. The number of aryl methyl sites for hydroxylation is 6. The van der Waals surface area contributed by atoms with Crippen molar-refractivity contribution in [3.8, 4) is 5.75 Å². The summed E-state index contributed by atoms with van der Waals surface area (Å²) in [5.74, 6) is -0.373. The molecular formula is C41H47N2O3+. The first-order chi connectivity index (χ1) is 22.0. The predicted molar refractivity (Wildman–Crippen MR) is 191 cm³/mol. The van der Waals surface area contributed by atoms with E-state index in [1.807, 2.05) is 30.4 Å². The molecule has 2 aliphatic carbocycles. The number of aromatic hydroxyl groups is 1. The first kappa shape index (κ1) is 32.7. The number of aliphatic hydroxyl groups excluding tert-OH is 1. The zero-order valence-corrected chi connectivity index (χ0v) is 28.6. The summed E-state index contributed by atoms with van der Waals surface area (Å²) < 4.78 is 2.35. The van der Waals surface area contributed by atoms with Crippen LogP contribution in [0.1, 0.15) is 72.1 Å². The first-order valence-corrected chi connectivity index (χ1v) is 16.5. The molecule has 0 heterocycles. The van der Waals surface area contributed by atoms with Crippen LogP contribution in [0.5, 0.6) is 5.75 Å². The number of nitrogens with zero attached hydrogens (tertiary/aromatic N) is 2. The summed E-state index contributed by atoms with van der Waals surface area (Å²) in [7, 11) is 0. The number of anilines is 2. The molecule has 2 aliphatic rings. The molecule has 0 unspecified atom stereocenters. The number of phenolic OH excluding ortho intramolecular Hbond substituents is 1. The second kappa shape index (κ2) is 13.4. The zero-order valence-electron chi connectivity index (χ0n) is 28.6. The van der Waals surface area contributed by atoms with E-state index in [9.17, 15) is 15.0 Å². The topological polar surface area (TPSA) is 63.8 Å². The lowest BCUT2D eigenvalue weighted by molar-refractivity contribution is -0.440. The third-order valence-electron chi connectivity index (χ3n) is 8.95. The maximum atomic E-state index is 13.5. The molecule has 46 heavy (non-hydrogen) atoms. The number of aliphatic hydroxyl groups is 1. The van der Waals surface area contributed by atoms with Crippen LogP contribution in [0.4, 0.5) is 17.1 Å². The number of allylic oxidation sites excluding steroid dienone is 7. The van der Waals surface area contributed by atoms with Crippen molar-refractivity contribution in [2.45, 2.75) is 74.7 Å². The smallest absolute Gasteiger partial charge is 0.211 e. The summed E-state index contributed by atoms with van der Waals surface area (Å²) in [4.78, 5) is 15.7. The number of rotatable bonds is 9. The van der Waals surface area contributed by atoms with Crippen molar-refractivity contribution >= 4 is 34.1 Å². The average molecular weight is 616 g/mol. The van der Waals surface area contributed by atoms with E-state index in [0.717, 1.165) is 49.4 Å². The second-order valence-corrected chi connectivity index (χ2v) is 12.8. The third-order valence-corrected chi connectivity index (χ3v) is 8.95. The van der Waals surface area contributed by atoms with Gasteiger partial charge in [0.2, 0.25) is 17.2 Å². The Morgan fingerprint density at radius 2 is 1.30 bits per heavy atom. The van der Waals surface area contributed by atoms with Gasteiger partial charge in [-0.15, -0.1) is 0 Å². The Balaban J connectivity index is 1.48. The van der Waals surface area contributed by atoms with Gasteiger partial charge in [0.05, 0.1) is 11.1 Å². The Morgan fingerprint density at radius 1 is 0.717 bits per heavy atom. The van der Waals surface area contributed by atoms with Gasteiger partial charge in [-0.1, -0.05) is 43.5 Å². The highest BCUT2D eigenvalue weighted by atomic mass is 16.3. The van der Waals surface area contributed by atoms with Crippen LogP contribution in [0.3, 0.4) is 0 Å². The third kappa shape index (κ3) is 6.11. The summed E-state index contributed by atoms with van der Waals surface area (Å²) in [6.07, 6.45) is 10.9. The molecule has 5 heteroatoms. The first-order valence-electron chi connectivity index (χ1n) is 16.5. The van der Waals surface area contributed by atoms with E-state index in [1.165, 1.54) is 39.1 Å². The lowest BCUT2D eigenvalue weighted by atomic mass is 9.79. The Kier molecular flexibility index (Phi) is 9.52. The normalized spacial score (nSPS) is 14.3. The zero-order chi connectivity index (χ0) is 33.3. The molecule has 0 atom stereocenters. The summed E-state index contributed by atoms with van der Waals surface area (Å²) in [5.41, 5.74) is 13.0. The molecule has 0 spiro atoms. The molecule has 0 saturated heterocycles. The Labute approximate surface area is 274 Å². The minimum absolute atomic E-state index is 0.0271. The summed E-state index contributed by atoms with van der Waals surface area (Å²) in [5, 5.41) is 22.3. The molecule has 0 aliphatic heterocycles. The largest absolute Gasteiger partial charge is 0.507 e. The van der Waals surface area contributed by atoms with Crippen molar-refractivity contribution in [3.63, 3.8) is 0 Å². The molecular weight excluding hydrogens is 568 g/mol. The number of carbonyl (C=O) groups is 1. The number of phenols is 1. The minimum Gasteiger partial charge on any atom is -0.507 e. The Hall–Kier alpha value is -4.64. The van der Waals surface area contributed by atoms with E-state index in [0.29, 0.717) is 11.1 Å². The van der Waals surface area contributed by atoms with Gasteiger partial charge in [0.15, 0.2) is 0 Å². The molecule has 2 N–H and O–H groups in total. The molecule has 0 aromatic heterocycles. The molecule has 3 aromatic rings. The Bertz CT molecular complexity index is 1820. The highest BCUT2D eigenvalue weighted by Crippen LogP contribution is 2.44. The fourth-order valence-corrected chi connectivity index (χ4v) is 7.10. The van der Waals surface area contributed by atoms with Crippen LogP contribution < -0.4 is 4.90 Å². The molecule has 0 amide bonds. The summed E-state index contributed by atoms with van der Waals surface area (Å²) in [6, 6.07) is 14.1. The number of unbranched alkanes of at least 4 members (excludes halogenated alkanes) is 1. The molecule has 0 fully saturated rings. The van der Waals surface area contributed by atoms with Crippen LogP contribution in [0.15, 0.2) is 83.7 Å². The van der Waals surface area contributed by atoms with Crippen LogP contribution in [0, 0.1) is 41.5 Å². The molecule has 238 valence electrons. The molecule has 5 nitrogen and oxygen atoms in total. The monoisotopic (exact) mass is 615 g/mol. The number of benzene rings is 3. The van der Waals surface area contributed by atoms with Gasteiger partial charge >= 0.3 is 0 Å². The predicted octanol–water partition coefficient (Wildman–Crippen LogP) is 9.65. The van der Waals surface area contributed by atoms with E-state index >= 15 is 0 Å². The lowest BCUT2D eigenvalue weighted by Gasteiger charge is -2.29. The SMILES string of the molecule is CCCC[N+](=C1C=CC(=C2C(=O)C(c3ccc(N(CCC)c4c(C)cc(C)cc4C)cc3O)=C2O)C=C1)c1c(C)cc(C)cc1C. The maximum absolute atomic E-state index is 13.5. The van der Waals surface area contributed by atoms with E-state index < -0.39 is 0 Å². The van der Waals surface area contributed by atoms with Gasteiger partial charge in [0, 0.05) is 59.2 Å². The van der Waals surface area contributed by atoms with Gasteiger partial charge in [0.25, 0.3) is 0 Å². The van der Waals surface area contributed by atoms with Gasteiger partial charge in [-0.05, 0) is 101 Å². The second-order valence-electron chi connectivity index (χ2n) is 12.8.